The number of nitrogens with zero attached hydrogens (tertiary/aromatic N) is 1. The molecular formula is C13H18INO. The Morgan fingerprint density at radius 2 is 1.81 bits per heavy atom. The largest absolute Gasteiger partial charge is 0.385 e. The first-order chi connectivity index (χ1) is 7.64. The molecule has 1 aliphatic rings. The van der Waals surface area contributed by atoms with Crippen LogP contribution in [-0.4, -0.2) is 21.3 Å². The molecule has 0 bridgehead atoms. The van der Waals surface area contributed by atoms with E-state index in [9.17, 15) is 5.11 Å². The topological polar surface area (TPSA) is 23.5 Å². The Kier molecular flexibility index (Phi) is 3.87. The maximum atomic E-state index is 10.6. The molecule has 16 heavy (non-hydrogen) atoms. The van der Waals surface area contributed by atoms with Crippen molar-refractivity contribution in [2.24, 2.45) is 0 Å². The van der Waals surface area contributed by atoms with E-state index in [4.69, 9.17) is 0 Å². The minimum absolute atomic E-state index is 0.603. The Hall–Kier alpha value is -0.130. The van der Waals surface area contributed by atoms with E-state index in [2.05, 4.69) is 57.2 Å². The van der Waals surface area contributed by atoms with Crippen LogP contribution in [0.5, 0.6) is 0 Å². The summed E-state index contributed by atoms with van der Waals surface area (Å²) in [5, 5.41) is 10.6. The summed E-state index contributed by atoms with van der Waals surface area (Å²) in [7, 11) is 0. The maximum Gasteiger partial charge on any atom is 0.0921 e. The molecule has 1 aromatic rings. The molecule has 1 saturated heterocycles. The Bertz CT molecular complexity index is 341. The molecule has 1 heterocycles. The molecule has 1 N–H and O–H groups in total. The van der Waals surface area contributed by atoms with Crippen molar-refractivity contribution in [3.63, 3.8) is 0 Å². The molecule has 0 amide bonds. The minimum Gasteiger partial charge on any atom is -0.385 e. The number of hydrogen-bond donors (Lipinski definition) is 1. The predicted molar refractivity (Wildman–Crippen MR) is 74.5 cm³/mol. The van der Waals surface area contributed by atoms with Crippen molar-refractivity contribution in [3.05, 3.63) is 35.4 Å². The molecule has 2 rings (SSSR count). The van der Waals surface area contributed by atoms with Gasteiger partial charge in [-0.1, -0.05) is 31.2 Å². The minimum atomic E-state index is -0.603. The molecule has 88 valence electrons. The molecule has 1 aromatic carbocycles. The molecule has 1 aliphatic heterocycles. The molecule has 0 atom stereocenters. The van der Waals surface area contributed by atoms with Gasteiger partial charge in [0.1, 0.15) is 0 Å². The summed E-state index contributed by atoms with van der Waals surface area (Å²) in [5.41, 5.74) is 1.81. The first-order valence-electron chi connectivity index (χ1n) is 5.86. The monoisotopic (exact) mass is 331 g/mol. The van der Waals surface area contributed by atoms with E-state index in [1.165, 1.54) is 5.56 Å². The van der Waals surface area contributed by atoms with Crippen LogP contribution in [0.15, 0.2) is 24.3 Å². The zero-order chi connectivity index (χ0) is 11.6. The van der Waals surface area contributed by atoms with E-state index >= 15 is 0 Å². The average Bonchev–Trinajstić information content (AvgIpc) is 2.33. The highest BCUT2D eigenvalue weighted by Gasteiger charge is 2.33. The molecule has 0 saturated carbocycles. The maximum absolute atomic E-state index is 10.6. The normalized spacial score (nSPS) is 20.9. The number of rotatable bonds is 2. The molecule has 3 heteroatoms. The highest BCUT2D eigenvalue weighted by Crippen LogP contribution is 2.33. The van der Waals surface area contributed by atoms with Gasteiger partial charge in [-0.3, -0.25) is 0 Å². The third kappa shape index (κ3) is 2.57. The number of hydrogen-bond acceptors (Lipinski definition) is 2. The fourth-order valence-electron chi connectivity index (χ4n) is 2.19. The van der Waals surface area contributed by atoms with Crippen molar-refractivity contribution in [3.8, 4) is 0 Å². The van der Waals surface area contributed by atoms with Crippen molar-refractivity contribution in [1.82, 2.24) is 3.11 Å². The van der Waals surface area contributed by atoms with Crippen molar-refractivity contribution in [2.45, 2.75) is 31.8 Å². The van der Waals surface area contributed by atoms with Gasteiger partial charge in [-0.2, -0.15) is 0 Å². The Morgan fingerprint density at radius 3 is 2.31 bits per heavy atom. The first-order valence-corrected chi connectivity index (χ1v) is 6.83. The summed E-state index contributed by atoms with van der Waals surface area (Å²) in [6, 6.07) is 8.43. The van der Waals surface area contributed by atoms with Gasteiger partial charge in [0.2, 0.25) is 0 Å². The van der Waals surface area contributed by atoms with Crippen LogP contribution in [0.25, 0.3) is 0 Å². The van der Waals surface area contributed by atoms with E-state index in [1.54, 1.807) is 0 Å². The van der Waals surface area contributed by atoms with Crippen molar-refractivity contribution in [2.75, 3.05) is 13.1 Å². The smallest absolute Gasteiger partial charge is 0.0921 e. The van der Waals surface area contributed by atoms with Crippen molar-refractivity contribution in [1.29, 1.82) is 0 Å². The Labute approximate surface area is 111 Å². The van der Waals surface area contributed by atoms with Crippen LogP contribution < -0.4 is 0 Å². The van der Waals surface area contributed by atoms with Gasteiger partial charge in [0, 0.05) is 36.0 Å². The highest BCUT2D eigenvalue weighted by atomic mass is 127. The Morgan fingerprint density at radius 1 is 1.25 bits per heavy atom. The van der Waals surface area contributed by atoms with Gasteiger partial charge in [-0.25, -0.2) is 3.11 Å². The van der Waals surface area contributed by atoms with Crippen molar-refractivity contribution < 1.29 is 5.11 Å². The second-order valence-electron chi connectivity index (χ2n) is 4.49. The fourth-order valence-corrected chi connectivity index (χ4v) is 2.67. The molecule has 2 nitrogen and oxygen atoms in total. The molecule has 1 fully saturated rings. The van der Waals surface area contributed by atoms with Crippen LogP contribution in [0.4, 0.5) is 0 Å². The lowest BCUT2D eigenvalue weighted by atomic mass is 9.85. The van der Waals surface area contributed by atoms with E-state index in [0.717, 1.165) is 37.9 Å². The lowest BCUT2D eigenvalue weighted by molar-refractivity contribution is -0.00526. The Balaban J connectivity index is 2.16. The lowest BCUT2D eigenvalue weighted by Gasteiger charge is -2.36. The van der Waals surface area contributed by atoms with Crippen molar-refractivity contribution >= 4 is 22.9 Å². The van der Waals surface area contributed by atoms with Crippen LogP contribution >= 0.6 is 22.9 Å². The zero-order valence-corrected chi connectivity index (χ0v) is 11.8. The summed E-state index contributed by atoms with van der Waals surface area (Å²) in [6.07, 6.45) is 2.73. The van der Waals surface area contributed by atoms with Gasteiger partial charge in [0.15, 0.2) is 0 Å². The number of halogens is 1. The fraction of sp³-hybridized carbons (Fsp3) is 0.538. The third-order valence-corrected chi connectivity index (χ3v) is 4.40. The molecule has 0 radical (unpaired) electrons. The van der Waals surface area contributed by atoms with E-state index in [0.29, 0.717) is 0 Å². The summed E-state index contributed by atoms with van der Waals surface area (Å²) in [4.78, 5) is 0. The number of benzene rings is 1. The predicted octanol–water partition coefficient (Wildman–Crippen LogP) is 2.88. The summed E-state index contributed by atoms with van der Waals surface area (Å²) < 4.78 is 2.24. The molecule has 0 aromatic heterocycles. The van der Waals surface area contributed by atoms with Gasteiger partial charge in [-0.15, -0.1) is 0 Å². The third-order valence-electron chi connectivity index (χ3n) is 3.44. The average molecular weight is 331 g/mol. The van der Waals surface area contributed by atoms with Gasteiger partial charge < -0.3 is 5.11 Å². The first kappa shape index (κ1) is 12.3. The van der Waals surface area contributed by atoms with E-state index < -0.39 is 5.60 Å². The molecular weight excluding hydrogens is 313 g/mol. The lowest BCUT2D eigenvalue weighted by Crippen LogP contribution is -2.38. The second kappa shape index (κ2) is 5.02. The molecule has 0 spiro atoms. The van der Waals surface area contributed by atoms with Gasteiger partial charge >= 0.3 is 0 Å². The van der Waals surface area contributed by atoms with Crippen LogP contribution in [-0.2, 0) is 12.0 Å². The SMILES string of the molecule is CCc1ccc(C2(O)CCN(I)CC2)cc1. The van der Waals surface area contributed by atoms with E-state index in [1.807, 2.05) is 0 Å². The van der Waals surface area contributed by atoms with Gasteiger partial charge in [0.05, 0.1) is 5.60 Å². The van der Waals surface area contributed by atoms with Crippen LogP contribution in [0, 0.1) is 0 Å². The van der Waals surface area contributed by atoms with E-state index in [-0.39, 0.29) is 0 Å². The van der Waals surface area contributed by atoms with Crippen LogP contribution in [0.2, 0.25) is 0 Å². The number of piperidine rings is 1. The zero-order valence-electron chi connectivity index (χ0n) is 9.62. The molecule has 0 unspecified atom stereocenters. The van der Waals surface area contributed by atoms with Crippen LogP contribution in [0.1, 0.15) is 30.9 Å². The standard InChI is InChI=1S/C13H18INO/c1-2-11-3-5-12(6-4-11)13(16)7-9-15(14)10-8-13/h3-6,16H,2,7-10H2,1H3. The second-order valence-corrected chi connectivity index (χ2v) is 5.86. The number of aryl methyl sites for hydroxylation is 1. The summed E-state index contributed by atoms with van der Waals surface area (Å²) in [6.45, 7) is 4.08. The quantitative estimate of drug-likeness (QED) is 0.665. The van der Waals surface area contributed by atoms with Gasteiger partial charge in [-0.05, 0) is 30.4 Å². The number of aliphatic hydroxyl groups is 1. The summed E-state index contributed by atoms with van der Waals surface area (Å²) in [5.74, 6) is 0. The highest BCUT2D eigenvalue weighted by molar-refractivity contribution is 14.1. The van der Waals surface area contributed by atoms with Crippen LogP contribution in [0.3, 0.4) is 0 Å². The van der Waals surface area contributed by atoms with Gasteiger partial charge in [0.25, 0.3) is 0 Å². The molecule has 0 aliphatic carbocycles. The summed E-state index contributed by atoms with van der Waals surface area (Å²) >= 11 is 2.33.